The molecule has 21 heavy (non-hydrogen) atoms. The summed E-state index contributed by atoms with van der Waals surface area (Å²) in [5, 5.41) is 3.25. The largest absolute Gasteiger partial charge is 0.317 e. The molecular weight excluding hydrogens is 334 g/mol. The molecule has 114 valence electrons. The van der Waals surface area contributed by atoms with Crippen LogP contribution in [0.3, 0.4) is 0 Å². The third-order valence-corrected chi connectivity index (χ3v) is 4.19. The van der Waals surface area contributed by atoms with Crippen LogP contribution in [0.1, 0.15) is 26.3 Å². The summed E-state index contributed by atoms with van der Waals surface area (Å²) in [7, 11) is 1.63. The van der Waals surface area contributed by atoms with Crippen molar-refractivity contribution in [1.82, 2.24) is 14.5 Å². The zero-order valence-electron chi connectivity index (χ0n) is 12.5. The van der Waals surface area contributed by atoms with Crippen molar-refractivity contribution < 1.29 is 0 Å². The number of benzene rings is 1. The average Bonchev–Trinajstić information content (AvgIpc) is 2.46. The van der Waals surface area contributed by atoms with E-state index in [1.54, 1.807) is 11.6 Å². The summed E-state index contributed by atoms with van der Waals surface area (Å²) in [5.74, 6) is 0. The predicted molar refractivity (Wildman–Crippen MR) is 89.0 cm³/mol. The van der Waals surface area contributed by atoms with Gasteiger partial charge < -0.3 is 9.88 Å². The van der Waals surface area contributed by atoms with E-state index >= 15 is 0 Å². The van der Waals surface area contributed by atoms with E-state index in [9.17, 15) is 9.59 Å². The Morgan fingerprint density at radius 1 is 1.24 bits per heavy atom. The molecule has 0 aliphatic carbocycles. The van der Waals surface area contributed by atoms with Crippen LogP contribution in [-0.2, 0) is 7.05 Å². The molecule has 0 saturated carbocycles. The number of aromatic nitrogens is 2. The first-order valence-corrected chi connectivity index (χ1v) is 7.88. The second-order valence-corrected chi connectivity index (χ2v) is 6.08. The summed E-state index contributed by atoms with van der Waals surface area (Å²) >= 11 is 3.41. The number of rotatable bonds is 5. The van der Waals surface area contributed by atoms with E-state index in [0.29, 0.717) is 0 Å². The van der Waals surface area contributed by atoms with Crippen LogP contribution in [0.15, 0.2) is 32.3 Å². The lowest BCUT2D eigenvalue weighted by atomic mass is 10.2. The molecule has 1 heterocycles. The van der Waals surface area contributed by atoms with Crippen molar-refractivity contribution in [2.75, 3.05) is 13.1 Å². The Morgan fingerprint density at radius 2 is 1.95 bits per heavy atom. The molecule has 1 atom stereocenters. The molecule has 1 aromatic carbocycles. The van der Waals surface area contributed by atoms with Gasteiger partial charge in [0.15, 0.2) is 0 Å². The van der Waals surface area contributed by atoms with Crippen LogP contribution in [-0.4, -0.2) is 22.2 Å². The lowest BCUT2D eigenvalue weighted by Gasteiger charge is -2.19. The highest BCUT2D eigenvalue weighted by atomic mass is 79.9. The molecule has 0 amide bonds. The molecule has 5 nitrogen and oxygen atoms in total. The highest BCUT2D eigenvalue weighted by Gasteiger charge is 2.15. The summed E-state index contributed by atoms with van der Waals surface area (Å²) in [4.78, 5) is 24.5. The SMILES string of the molecule is CCNCCC(C)n1c(=O)c(=O)n(C)c2cc(Br)ccc21. The van der Waals surface area contributed by atoms with Gasteiger partial charge in [0.1, 0.15) is 0 Å². The summed E-state index contributed by atoms with van der Waals surface area (Å²) in [6, 6.07) is 5.60. The number of fused-ring (bicyclic) bond motifs is 1. The number of halogens is 1. The van der Waals surface area contributed by atoms with Crippen molar-refractivity contribution in [1.29, 1.82) is 0 Å². The van der Waals surface area contributed by atoms with Gasteiger partial charge in [-0.1, -0.05) is 22.9 Å². The molecule has 0 bridgehead atoms. The molecule has 1 unspecified atom stereocenters. The first kappa shape index (κ1) is 16.0. The Kier molecular flexibility index (Phi) is 5.00. The van der Waals surface area contributed by atoms with Crippen molar-refractivity contribution in [2.45, 2.75) is 26.3 Å². The fourth-order valence-electron chi connectivity index (χ4n) is 2.49. The highest BCUT2D eigenvalue weighted by Crippen LogP contribution is 2.20. The van der Waals surface area contributed by atoms with Gasteiger partial charge in [0.2, 0.25) is 0 Å². The summed E-state index contributed by atoms with van der Waals surface area (Å²) < 4.78 is 3.91. The van der Waals surface area contributed by atoms with Gasteiger partial charge in [-0.3, -0.25) is 14.2 Å². The Bertz CT molecular complexity index is 764. The van der Waals surface area contributed by atoms with E-state index in [-0.39, 0.29) is 6.04 Å². The van der Waals surface area contributed by atoms with Gasteiger partial charge in [-0.25, -0.2) is 0 Å². The number of hydrogen-bond acceptors (Lipinski definition) is 3. The van der Waals surface area contributed by atoms with Gasteiger partial charge in [0.05, 0.1) is 11.0 Å². The quantitative estimate of drug-likeness (QED) is 0.660. The highest BCUT2D eigenvalue weighted by molar-refractivity contribution is 9.10. The van der Waals surface area contributed by atoms with E-state index in [4.69, 9.17) is 0 Å². The molecule has 0 spiro atoms. The second-order valence-electron chi connectivity index (χ2n) is 5.16. The van der Waals surface area contributed by atoms with Crippen LogP contribution < -0.4 is 16.4 Å². The van der Waals surface area contributed by atoms with Crippen LogP contribution in [0.25, 0.3) is 11.0 Å². The van der Waals surface area contributed by atoms with Crippen molar-refractivity contribution >= 4 is 27.0 Å². The number of nitrogens with zero attached hydrogens (tertiary/aromatic N) is 2. The van der Waals surface area contributed by atoms with E-state index in [2.05, 4.69) is 21.2 Å². The Hall–Kier alpha value is -1.40. The maximum Gasteiger partial charge on any atom is 0.317 e. The minimum Gasteiger partial charge on any atom is -0.317 e. The van der Waals surface area contributed by atoms with Crippen LogP contribution in [0.4, 0.5) is 0 Å². The molecule has 0 radical (unpaired) electrons. The number of nitrogens with one attached hydrogen (secondary N) is 1. The van der Waals surface area contributed by atoms with Gasteiger partial charge in [0, 0.05) is 17.6 Å². The molecule has 1 aromatic heterocycles. The number of aryl methyl sites for hydroxylation is 1. The lowest BCUT2D eigenvalue weighted by Crippen LogP contribution is -2.42. The minimum absolute atomic E-state index is 0.0332. The van der Waals surface area contributed by atoms with Crippen LogP contribution >= 0.6 is 15.9 Å². The predicted octanol–water partition coefficient (Wildman–Crippen LogP) is 2.02. The number of hydrogen-bond donors (Lipinski definition) is 1. The van der Waals surface area contributed by atoms with Crippen molar-refractivity contribution in [3.05, 3.63) is 43.4 Å². The average molecular weight is 354 g/mol. The standard InChI is InChI=1S/C15H20BrN3O2/c1-4-17-8-7-10(2)19-12-6-5-11(16)9-13(12)18(3)14(20)15(19)21/h5-6,9-10,17H,4,7-8H2,1-3H3. The van der Waals surface area contributed by atoms with Gasteiger partial charge in [0.25, 0.3) is 0 Å². The van der Waals surface area contributed by atoms with Gasteiger partial charge >= 0.3 is 11.1 Å². The Labute approximate surface area is 131 Å². The Balaban J connectivity index is 2.62. The monoisotopic (exact) mass is 353 g/mol. The fraction of sp³-hybridized carbons (Fsp3) is 0.467. The Morgan fingerprint density at radius 3 is 2.62 bits per heavy atom. The first-order chi connectivity index (χ1) is 9.97. The molecule has 0 fully saturated rings. The maximum absolute atomic E-state index is 12.4. The molecule has 0 aliphatic heterocycles. The molecular formula is C15H20BrN3O2. The van der Waals surface area contributed by atoms with Crippen LogP contribution in [0.2, 0.25) is 0 Å². The molecule has 0 aliphatic rings. The van der Waals surface area contributed by atoms with Crippen molar-refractivity contribution in [3.63, 3.8) is 0 Å². The summed E-state index contributed by atoms with van der Waals surface area (Å²) in [6.07, 6.45) is 0.798. The van der Waals surface area contributed by atoms with Gasteiger partial charge in [-0.05, 0) is 44.6 Å². The third-order valence-electron chi connectivity index (χ3n) is 3.69. The van der Waals surface area contributed by atoms with Gasteiger partial charge in [-0.15, -0.1) is 0 Å². The molecule has 2 aromatic rings. The normalized spacial score (nSPS) is 12.8. The van der Waals surface area contributed by atoms with Crippen molar-refractivity contribution in [2.24, 2.45) is 7.05 Å². The summed E-state index contributed by atoms with van der Waals surface area (Å²) in [5.41, 5.74) is 0.589. The molecule has 1 N–H and O–H groups in total. The smallest absolute Gasteiger partial charge is 0.317 e. The fourth-order valence-corrected chi connectivity index (χ4v) is 2.84. The molecule has 2 rings (SSSR count). The third kappa shape index (κ3) is 3.11. The van der Waals surface area contributed by atoms with Crippen molar-refractivity contribution in [3.8, 4) is 0 Å². The van der Waals surface area contributed by atoms with E-state index in [1.807, 2.05) is 32.0 Å². The zero-order valence-corrected chi connectivity index (χ0v) is 14.1. The topological polar surface area (TPSA) is 56.0 Å². The minimum atomic E-state index is -0.490. The van der Waals surface area contributed by atoms with Gasteiger partial charge in [-0.2, -0.15) is 0 Å². The van der Waals surface area contributed by atoms with Crippen LogP contribution in [0.5, 0.6) is 0 Å². The van der Waals surface area contributed by atoms with E-state index < -0.39 is 11.1 Å². The van der Waals surface area contributed by atoms with Crippen LogP contribution in [0, 0.1) is 0 Å². The molecule has 6 heteroatoms. The lowest BCUT2D eigenvalue weighted by molar-refractivity contribution is 0.482. The summed E-state index contributed by atoms with van der Waals surface area (Å²) in [6.45, 7) is 5.73. The zero-order chi connectivity index (χ0) is 15.6. The first-order valence-electron chi connectivity index (χ1n) is 7.08. The van der Waals surface area contributed by atoms with E-state index in [0.717, 1.165) is 35.0 Å². The second kappa shape index (κ2) is 6.58. The van der Waals surface area contributed by atoms with E-state index in [1.165, 1.54) is 4.57 Å². The maximum atomic E-state index is 12.4. The molecule has 0 saturated heterocycles.